The first-order valence-electron chi connectivity index (χ1n) is 6.89. The Hall–Kier alpha value is -1.56. The quantitative estimate of drug-likeness (QED) is 0.884. The van der Waals surface area contributed by atoms with Crippen molar-refractivity contribution in [3.63, 3.8) is 0 Å². The van der Waals surface area contributed by atoms with E-state index in [1.54, 1.807) is 36.0 Å². The maximum atomic E-state index is 12.4. The second-order valence-electron chi connectivity index (χ2n) is 5.46. The summed E-state index contributed by atoms with van der Waals surface area (Å²) < 4.78 is 0.729. The van der Waals surface area contributed by atoms with E-state index in [2.05, 4.69) is 15.9 Å². The van der Waals surface area contributed by atoms with Crippen molar-refractivity contribution in [2.45, 2.75) is 12.8 Å². The number of carbonyl (C=O) groups excluding carboxylic acids is 2. The summed E-state index contributed by atoms with van der Waals surface area (Å²) in [7, 11) is 3.50. The summed E-state index contributed by atoms with van der Waals surface area (Å²) in [6.45, 7) is 1.08. The molecule has 2 amide bonds. The highest BCUT2D eigenvalue weighted by Gasteiger charge is 2.29. The molecule has 1 N–H and O–H groups in total. The Morgan fingerprint density at radius 1 is 1.29 bits per heavy atom. The number of benzene rings is 1. The van der Waals surface area contributed by atoms with Crippen LogP contribution in [0, 0.1) is 5.92 Å². The summed E-state index contributed by atoms with van der Waals surface area (Å²) in [6, 6.07) is 4.85. The van der Waals surface area contributed by atoms with Gasteiger partial charge in [0, 0.05) is 37.6 Å². The lowest BCUT2D eigenvalue weighted by Gasteiger charge is -2.32. The van der Waals surface area contributed by atoms with Crippen LogP contribution in [0.15, 0.2) is 22.7 Å². The lowest BCUT2D eigenvalue weighted by Crippen LogP contribution is -2.42. The molecule has 1 aliphatic heterocycles. The van der Waals surface area contributed by atoms with Gasteiger partial charge in [0.05, 0.1) is 5.56 Å². The Bertz CT molecular complexity index is 552. The first kappa shape index (κ1) is 15.8. The molecular formula is C15H19BrN2O3. The van der Waals surface area contributed by atoms with Crippen LogP contribution in [0.25, 0.3) is 0 Å². The first-order valence-corrected chi connectivity index (χ1v) is 7.68. The molecule has 5 nitrogen and oxygen atoms in total. The molecule has 114 valence electrons. The van der Waals surface area contributed by atoms with Gasteiger partial charge < -0.3 is 14.9 Å². The van der Waals surface area contributed by atoms with Crippen molar-refractivity contribution in [1.29, 1.82) is 0 Å². The van der Waals surface area contributed by atoms with Crippen molar-refractivity contribution in [3.05, 3.63) is 28.2 Å². The number of hydrogen-bond donors (Lipinski definition) is 1. The molecule has 1 aliphatic rings. The molecule has 0 atom stereocenters. The van der Waals surface area contributed by atoms with Gasteiger partial charge >= 0.3 is 0 Å². The number of phenolic OH excluding ortho intramolecular Hbond substituents is 1. The van der Waals surface area contributed by atoms with E-state index in [0.717, 1.165) is 4.47 Å². The van der Waals surface area contributed by atoms with Crippen LogP contribution in [-0.2, 0) is 4.79 Å². The molecule has 0 aromatic heterocycles. The third kappa shape index (κ3) is 3.56. The number of likely N-dealkylation sites (tertiary alicyclic amines) is 1. The maximum Gasteiger partial charge on any atom is 0.257 e. The fraction of sp³-hybridized carbons (Fsp3) is 0.467. The molecule has 0 radical (unpaired) electrons. The SMILES string of the molecule is CN(C)C(=O)C1CCN(C(=O)c2ccc(Br)cc2O)CC1. The zero-order valence-corrected chi connectivity index (χ0v) is 13.8. The minimum absolute atomic E-state index is 0.0115. The summed E-state index contributed by atoms with van der Waals surface area (Å²) in [5, 5.41) is 9.87. The van der Waals surface area contributed by atoms with E-state index in [0.29, 0.717) is 31.5 Å². The topological polar surface area (TPSA) is 60.9 Å². The predicted octanol–water partition coefficient (Wildman–Crippen LogP) is 2.10. The summed E-state index contributed by atoms with van der Waals surface area (Å²) >= 11 is 3.25. The van der Waals surface area contributed by atoms with Crippen LogP contribution in [0.1, 0.15) is 23.2 Å². The Kier molecular flexibility index (Phi) is 4.88. The lowest BCUT2D eigenvalue weighted by atomic mass is 9.95. The number of halogens is 1. The smallest absolute Gasteiger partial charge is 0.257 e. The molecule has 0 spiro atoms. The Morgan fingerprint density at radius 2 is 1.90 bits per heavy atom. The van der Waals surface area contributed by atoms with Crippen LogP contribution in [-0.4, -0.2) is 53.9 Å². The first-order chi connectivity index (χ1) is 9.90. The van der Waals surface area contributed by atoms with Crippen LogP contribution in [0.3, 0.4) is 0 Å². The molecule has 1 aromatic rings. The highest BCUT2D eigenvalue weighted by molar-refractivity contribution is 9.10. The summed E-state index contributed by atoms with van der Waals surface area (Å²) in [6.07, 6.45) is 1.33. The molecule has 2 rings (SSSR count). The van der Waals surface area contributed by atoms with Crippen LogP contribution in [0.4, 0.5) is 0 Å². The van der Waals surface area contributed by atoms with E-state index >= 15 is 0 Å². The maximum absolute atomic E-state index is 12.4. The monoisotopic (exact) mass is 354 g/mol. The molecule has 1 fully saturated rings. The zero-order valence-electron chi connectivity index (χ0n) is 12.2. The third-order valence-corrected chi connectivity index (χ3v) is 4.26. The van der Waals surface area contributed by atoms with Gasteiger partial charge in [-0.15, -0.1) is 0 Å². The molecule has 0 bridgehead atoms. The highest BCUT2D eigenvalue weighted by Crippen LogP contribution is 2.26. The van der Waals surface area contributed by atoms with Crippen molar-refractivity contribution in [3.8, 4) is 5.75 Å². The minimum atomic E-state index is -0.184. The summed E-state index contributed by atoms with van der Waals surface area (Å²) in [4.78, 5) is 27.6. The average Bonchev–Trinajstić information content (AvgIpc) is 2.46. The van der Waals surface area contributed by atoms with Gasteiger partial charge in [-0.05, 0) is 31.0 Å². The van der Waals surface area contributed by atoms with E-state index in [-0.39, 0.29) is 23.5 Å². The fourth-order valence-corrected chi connectivity index (χ4v) is 2.90. The van der Waals surface area contributed by atoms with Crippen LogP contribution >= 0.6 is 15.9 Å². The van der Waals surface area contributed by atoms with Crippen molar-refractivity contribution < 1.29 is 14.7 Å². The number of phenols is 1. The van der Waals surface area contributed by atoms with Crippen molar-refractivity contribution in [2.75, 3.05) is 27.2 Å². The van der Waals surface area contributed by atoms with E-state index < -0.39 is 0 Å². The van der Waals surface area contributed by atoms with E-state index in [1.807, 2.05) is 0 Å². The van der Waals surface area contributed by atoms with Gasteiger partial charge in [-0.1, -0.05) is 15.9 Å². The van der Waals surface area contributed by atoms with Gasteiger partial charge in [0.2, 0.25) is 5.91 Å². The summed E-state index contributed by atoms with van der Waals surface area (Å²) in [5.74, 6) is -0.104. The van der Waals surface area contributed by atoms with Crippen LogP contribution in [0.5, 0.6) is 5.75 Å². The van der Waals surface area contributed by atoms with Gasteiger partial charge in [-0.2, -0.15) is 0 Å². The van der Waals surface area contributed by atoms with Crippen molar-refractivity contribution >= 4 is 27.7 Å². The molecule has 6 heteroatoms. The molecule has 0 saturated carbocycles. The van der Waals surface area contributed by atoms with Gasteiger partial charge in [-0.25, -0.2) is 0 Å². The Morgan fingerprint density at radius 3 is 2.43 bits per heavy atom. The number of rotatable bonds is 2. The summed E-state index contributed by atoms with van der Waals surface area (Å²) in [5.41, 5.74) is 0.301. The number of piperidine rings is 1. The average molecular weight is 355 g/mol. The lowest BCUT2D eigenvalue weighted by molar-refractivity contribution is -0.134. The third-order valence-electron chi connectivity index (χ3n) is 3.76. The number of carbonyl (C=O) groups is 2. The number of amides is 2. The minimum Gasteiger partial charge on any atom is -0.507 e. The number of nitrogens with zero attached hydrogens (tertiary/aromatic N) is 2. The molecule has 1 aromatic carbocycles. The largest absolute Gasteiger partial charge is 0.507 e. The van der Waals surface area contributed by atoms with Crippen LogP contribution < -0.4 is 0 Å². The van der Waals surface area contributed by atoms with Gasteiger partial charge in [-0.3, -0.25) is 9.59 Å². The molecule has 1 saturated heterocycles. The molecular weight excluding hydrogens is 336 g/mol. The molecule has 0 aliphatic carbocycles. The Labute approximate surface area is 132 Å². The van der Waals surface area contributed by atoms with Gasteiger partial charge in [0.1, 0.15) is 5.75 Å². The molecule has 1 heterocycles. The standard InChI is InChI=1S/C15H19BrN2O3/c1-17(2)14(20)10-5-7-18(8-6-10)15(21)12-4-3-11(16)9-13(12)19/h3-4,9-10,19H,5-8H2,1-2H3. The van der Waals surface area contributed by atoms with E-state index in [9.17, 15) is 14.7 Å². The zero-order chi connectivity index (χ0) is 15.6. The van der Waals surface area contributed by atoms with Crippen molar-refractivity contribution in [1.82, 2.24) is 9.80 Å². The molecule has 0 unspecified atom stereocenters. The highest BCUT2D eigenvalue weighted by atomic mass is 79.9. The number of aromatic hydroxyl groups is 1. The van der Waals surface area contributed by atoms with Gasteiger partial charge in [0.25, 0.3) is 5.91 Å². The molecule has 21 heavy (non-hydrogen) atoms. The second kappa shape index (κ2) is 6.47. The Balaban J connectivity index is 2.02. The van der Waals surface area contributed by atoms with Crippen LogP contribution in [0.2, 0.25) is 0 Å². The van der Waals surface area contributed by atoms with Crippen molar-refractivity contribution in [2.24, 2.45) is 5.92 Å². The van der Waals surface area contributed by atoms with E-state index in [4.69, 9.17) is 0 Å². The predicted molar refractivity (Wildman–Crippen MR) is 83.1 cm³/mol. The van der Waals surface area contributed by atoms with Gasteiger partial charge in [0.15, 0.2) is 0 Å². The van der Waals surface area contributed by atoms with E-state index in [1.165, 1.54) is 6.07 Å². The fourth-order valence-electron chi connectivity index (χ4n) is 2.55. The second-order valence-corrected chi connectivity index (χ2v) is 6.38. The number of hydrogen-bond acceptors (Lipinski definition) is 3. The normalized spacial score (nSPS) is 15.9.